The first-order chi connectivity index (χ1) is 6.81. The van der Waals surface area contributed by atoms with E-state index in [1.54, 1.807) is 0 Å². The summed E-state index contributed by atoms with van der Waals surface area (Å²) in [4.78, 5) is 0. The largest absolute Gasteiger partial charge is 0.321 e. The van der Waals surface area contributed by atoms with Crippen molar-refractivity contribution < 1.29 is 8.78 Å². The Bertz CT molecular complexity index is 370. The smallest absolute Gasteiger partial charge is 0.252 e. The molecular weight excluding hydrogens is 196 g/mol. The Kier molecular flexibility index (Phi) is 2.12. The average molecular weight is 211 g/mol. The van der Waals surface area contributed by atoms with E-state index in [4.69, 9.17) is 5.73 Å². The van der Waals surface area contributed by atoms with Gasteiger partial charge in [0.25, 0.3) is 5.92 Å². The van der Waals surface area contributed by atoms with Gasteiger partial charge in [-0.1, -0.05) is 29.3 Å². The quantitative estimate of drug-likeness (QED) is 0.759. The van der Waals surface area contributed by atoms with Crippen molar-refractivity contribution in [1.82, 2.24) is 0 Å². The number of hydrogen-bond acceptors (Lipinski definition) is 1. The molecule has 1 aromatic carbocycles. The van der Waals surface area contributed by atoms with Crippen LogP contribution in [0.25, 0.3) is 0 Å². The van der Waals surface area contributed by atoms with Crippen LogP contribution in [0.2, 0.25) is 0 Å². The number of halogens is 2. The lowest BCUT2D eigenvalue weighted by molar-refractivity contribution is -0.125. The van der Waals surface area contributed by atoms with E-state index in [0.717, 1.165) is 16.7 Å². The highest BCUT2D eigenvalue weighted by molar-refractivity contribution is 5.35. The lowest BCUT2D eigenvalue weighted by Crippen LogP contribution is -2.55. The molecule has 82 valence electrons. The van der Waals surface area contributed by atoms with Crippen LogP contribution in [0.4, 0.5) is 8.78 Å². The molecule has 3 heteroatoms. The summed E-state index contributed by atoms with van der Waals surface area (Å²) in [7, 11) is 0. The lowest BCUT2D eigenvalue weighted by atomic mass is 9.69. The molecule has 2 rings (SSSR count). The molecule has 0 saturated heterocycles. The molecule has 1 nitrogen and oxygen atoms in total. The monoisotopic (exact) mass is 211 g/mol. The molecule has 0 aliphatic heterocycles. The first-order valence-corrected chi connectivity index (χ1v) is 5.06. The van der Waals surface area contributed by atoms with Crippen molar-refractivity contribution in [2.75, 3.05) is 0 Å². The number of aryl methyl sites for hydroxylation is 2. The highest BCUT2D eigenvalue weighted by Gasteiger charge is 2.55. The zero-order valence-corrected chi connectivity index (χ0v) is 8.98. The number of benzene rings is 1. The molecule has 1 fully saturated rings. The van der Waals surface area contributed by atoms with Crippen molar-refractivity contribution in [3.8, 4) is 0 Å². The zero-order valence-electron chi connectivity index (χ0n) is 8.98. The van der Waals surface area contributed by atoms with E-state index in [0.29, 0.717) is 0 Å². The summed E-state index contributed by atoms with van der Waals surface area (Å²) in [5.41, 5.74) is 8.13. The molecule has 0 unspecified atom stereocenters. The van der Waals surface area contributed by atoms with Gasteiger partial charge in [-0.2, -0.15) is 0 Å². The normalized spacial score (nSPS) is 22.2. The van der Waals surface area contributed by atoms with Gasteiger partial charge in [0.2, 0.25) is 0 Å². The fraction of sp³-hybridized carbons (Fsp3) is 0.500. The van der Waals surface area contributed by atoms with Gasteiger partial charge in [0.05, 0.1) is 5.54 Å². The summed E-state index contributed by atoms with van der Waals surface area (Å²) in [5, 5.41) is 0. The van der Waals surface area contributed by atoms with Gasteiger partial charge in [-0.3, -0.25) is 0 Å². The van der Waals surface area contributed by atoms with Crippen LogP contribution in [-0.4, -0.2) is 5.92 Å². The third-order valence-corrected chi connectivity index (χ3v) is 2.94. The molecule has 1 aliphatic carbocycles. The van der Waals surface area contributed by atoms with E-state index in [2.05, 4.69) is 0 Å². The van der Waals surface area contributed by atoms with Crippen LogP contribution < -0.4 is 5.73 Å². The first-order valence-electron chi connectivity index (χ1n) is 5.06. The summed E-state index contributed by atoms with van der Waals surface area (Å²) < 4.78 is 25.7. The lowest BCUT2D eigenvalue weighted by Gasteiger charge is -2.45. The van der Waals surface area contributed by atoms with E-state index >= 15 is 0 Å². The Balaban J connectivity index is 2.31. The number of rotatable bonds is 1. The second kappa shape index (κ2) is 3.01. The van der Waals surface area contributed by atoms with Crippen molar-refractivity contribution in [3.63, 3.8) is 0 Å². The molecule has 0 spiro atoms. The summed E-state index contributed by atoms with van der Waals surface area (Å²) in [6, 6.07) is 5.83. The second-order valence-corrected chi connectivity index (χ2v) is 4.74. The van der Waals surface area contributed by atoms with Gasteiger partial charge in [0.15, 0.2) is 0 Å². The highest BCUT2D eigenvalue weighted by atomic mass is 19.3. The minimum Gasteiger partial charge on any atom is -0.321 e. The van der Waals surface area contributed by atoms with Crippen LogP contribution in [-0.2, 0) is 5.54 Å². The molecule has 0 amide bonds. The van der Waals surface area contributed by atoms with E-state index in [1.807, 2.05) is 32.0 Å². The van der Waals surface area contributed by atoms with E-state index in [1.165, 1.54) is 0 Å². The minimum atomic E-state index is -2.58. The van der Waals surface area contributed by atoms with Crippen molar-refractivity contribution >= 4 is 0 Å². The molecule has 0 heterocycles. The maximum atomic E-state index is 12.8. The molecule has 0 atom stereocenters. The fourth-order valence-corrected chi connectivity index (χ4v) is 2.34. The van der Waals surface area contributed by atoms with Crippen LogP contribution in [0.5, 0.6) is 0 Å². The van der Waals surface area contributed by atoms with Gasteiger partial charge in [-0.15, -0.1) is 0 Å². The molecule has 0 radical (unpaired) electrons. The van der Waals surface area contributed by atoms with Gasteiger partial charge in [0.1, 0.15) is 0 Å². The third kappa shape index (κ3) is 1.88. The minimum absolute atomic E-state index is 0.233. The molecule has 0 aromatic heterocycles. The van der Waals surface area contributed by atoms with Gasteiger partial charge < -0.3 is 5.73 Å². The molecule has 0 bridgehead atoms. The Labute approximate surface area is 88.3 Å². The highest BCUT2D eigenvalue weighted by Crippen LogP contribution is 2.49. The van der Waals surface area contributed by atoms with Crippen LogP contribution in [0.3, 0.4) is 0 Å². The van der Waals surface area contributed by atoms with E-state index in [9.17, 15) is 8.78 Å². The SMILES string of the molecule is Cc1cc(C)cc(C2(N)CC(F)(F)C2)c1. The van der Waals surface area contributed by atoms with Crippen molar-refractivity contribution in [3.05, 3.63) is 34.9 Å². The van der Waals surface area contributed by atoms with E-state index in [-0.39, 0.29) is 12.8 Å². The second-order valence-electron chi connectivity index (χ2n) is 4.74. The zero-order chi connectivity index (χ0) is 11.3. The maximum Gasteiger partial charge on any atom is 0.252 e. The topological polar surface area (TPSA) is 26.0 Å². The fourth-order valence-electron chi connectivity index (χ4n) is 2.34. The molecule has 2 N–H and O–H groups in total. The third-order valence-electron chi connectivity index (χ3n) is 2.94. The first kappa shape index (κ1) is 10.6. The maximum absolute atomic E-state index is 12.8. The summed E-state index contributed by atoms with van der Waals surface area (Å²) in [6.45, 7) is 3.91. The predicted molar refractivity (Wildman–Crippen MR) is 56.0 cm³/mol. The molecule has 15 heavy (non-hydrogen) atoms. The Morgan fingerprint density at radius 1 is 1.07 bits per heavy atom. The Morgan fingerprint density at radius 2 is 1.53 bits per heavy atom. The Hall–Kier alpha value is -0.960. The number of nitrogens with two attached hydrogens (primary N) is 1. The summed E-state index contributed by atoms with van der Waals surface area (Å²) in [5.74, 6) is -2.58. The van der Waals surface area contributed by atoms with Gasteiger partial charge in [0, 0.05) is 12.8 Å². The van der Waals surface area contributed by atoms with Crippen molar-refractivity contribution in [2.24, 2.45) is 5.73 Å². The van der Waals surface area contributed by atoms with Gasteiger partial charge in [-0.25, -0.2) is 8.78 Å². The van der Waals surface area contributed by atoms with Crippen LogP contribution in [0, 0.1) is 13.8 Å². The average Bonchev–Trinajstić information content (AvgIpc) is 1.98. The standard InChI is InChI=1S/C12H15F2N/c1-8-3-9(2)5-10(4-8)11(15)6-12(13,14)7-11/h3-5H,6-7,15H2,1-2H3. The summed E-state index contributed by atoms with van der Waals surface area (Å²) >= 11 is 0. The van der Waals surface area contributed by atoms with Gasteiger partial charge in [-0.05, 0) is 19.4 Å². The van der Waals surface area contributed by atoms with Crippen molar-refractivity contribution in [1.29, 1.82) is 0 Å². The Morgan fingerprint density at radius 3 is 1.93 bits per heavy atom. The van der Waals surface area contributed by atoms with E-state index < -0.39 is 11.5 Å². The van der Waals surface area contributed by atoms with Crippen LogP contribution >= 0.6 is 0 Å². The van der Waals surface area contributed by atoms with Crippen LogP contribution in [0.1, 0.15) is 29.5 Å². The number of hydrogen-bond donors (Lipinski definition) is 1. The van der Waals surface area contributed by atoms with Crippen molar-refractivity contribution in [2.45, 2.75) is 38.2 Å². The van der Waals surface area contributed by atoms with Gasteiger partial charge >= 0.3 is 0 Å². The summed E-state index contributed by atoms with van der Waals surface area (Å²) in [6.07, 6.45) is -0.466. The molecule has 1 aromatic rings. The molecule has 1 saturated carbocycles. The molecular formula is C12H15F2N. The number of alkyl halides is 2. The molecule has 1 aliphatic rings. The predicted octanol–water partition coefficient (Wildman–Crippen LogP) is 2.89. The van der Waals surface area contributed by atoms with Crippen LogP contribution in [0.15, 0.2) is 18.2 Å².